The Hall–Kier alpha value is -1.20. The summed E-state index contributed by atoms with van der Waals surface area (Å²) in [6.45, 7) is 20.1. The summed E-state index contributed by atoms with van der Waals surface area (Å²) in [6.07, 6.45) is 10.3. The molecule has 0 bridgehead atoms. The van der Waals surface area contributed by atoms with E-state index in [-0.39, 0.29) is 39.5 Å². The predicted octanol–water partition coefficient (Wildman–Crippen LogP) is 6.49. The van der Waals surface area contributed by atoms with Crippen molar-refractivity contribution >= 4 is 11.7 Å². The molecule has 0 unspecified atom stereocenters. The van der Waals surface area contributed by atoms with E-state index in [0.717, 1.165) is 58.0 Å². The third kappa shape index (κ3) is 3.92. The van der Waals surface area contributed by atoms with E-state index in [4.69, 9.17) is 0 Å². The van der Waals surface area contributed by atoms with Gasteiger partial charge >= 0.3 is 0 Å². The smallest absolute Gasteiger partial charge is 0.290 e. The van der Waals surface area contributed by atoms with Crippen LogP contribution in [-0.2, 0) is 9.59 Å². The Morgan fingerprint density at radius 2 is 1.49 bits per heavy atom. The molecule has 4 saturated carbocycles. The highest BCUT2D eigenvalue weighted by Gasteiger charge is 2.70. The quantitative estimate of drug-likeness (QED) is 0.313. The summed E-state index contributed by atoms with van der Waals surface area (Å²) < 4.78 is 0. The molecule has 41 heavy (non-hydrogen) atoms. The summed E-state index contributed by atoms with van der Waals surface area (Å²) >= 11 is 0. The number of fused-ring (bicyclic) bond motifs is 7. The molecule has 1 amide bonds. The van der Waals surface area contributed by atoms with Crippen molar-refractivity contribution in [2.75, 3.05) is 33.2 Å². The second-order valence-electron chi connectivity index (χ2n) is 17.1. The lowest BCUT2D eigenvalue weighted by Crippen LogP contribution is -2.66. The van der Waals surface area contributed by atoms with Gasteiger partial charge in [0.2, 0.25) is 5.78 Å². The SMILES string of the molecule is CC(C)C1=C2[C@H]3CC[C@@H]4[C@@]5(C)CC[C@H](O)C(C)(C)[C@@H]5CC[C@@]4(C)[C@]3(C)CC[C@@]2(C(=O)C(=O)N2CCN(C)CC2)CC1. The van der Waals surface area contributed by atoms with Gasteiger partial charge in [0.1, 0.15) is 0 Å². The number of aliphatic hydroxyl groups is 1. The first-order valence-electron chi connectivity index (χ1n) is 17.1. The van der Waals surface area contributed by atoms with E-state index in [1.165, 1.54) is 30.4 Å². The number of amides is 1. The van der Waals surface area contributed by atoms with Crippen LogP contribution in [0.25, 0.3) is 0 Å². The Bertz CT molecular complexity index is 1130. The molecular weight excluding hydrogens is 508 g/mol. The number of carbonyl (C=O) groups excluding carboxylic acids is 2. The van der Waals surface area contributed by atoms with Gasteiger partial charge in [0, 0.05) is 26.2 Å². The van der Waals surface area contributed by atoms with Crippen LogP contribution in [0, 0.1) is 50.7 Å². The number of carbonyl (C=O) groups is 2. The van der Waals surface area contributed by atoms with Crippen molar-refractivity contribution in [2.24, 2.45) is 50.7 Å². The first-order valence-corrected chi connectivity index (χ1v) is 17.1. The fourth-order valence-electron chi connectivity index (χ4n) is 12.4. The molecule has 1 N–H and O–H groups in total. The fourth-order valence-corrected chi connectivity index (χ4v) is 12.4. The Labute approximate surface area is 249 Å². The van der Waals surface area contributed by atoms with E-state index >= 15 is 0 Å². The maximum Gasteiger partial charge on any atom is 0.290 e. The molecular formula is C36H58N2O3. The number of rotatable bonds is 3. The minimum atomic E-state index is -0.578. The number of Topliss-reactive ketones (excluding diaryl/α,β-unsaturated/α-hetero) is 1. The number of nitrogens with zero attached hydrogens (tertiary/aromatic N) is 2. The predicted molar refractivity (Wildman–Crippen MR) is 164 cm³/mol. The van der Waals surface area contributed by atoms with Crippen LogP contribution in [0.15, 0.2) is 11.1 Å². The van der Waals surface area contributed by atoms with Crippen LogP contribution < -0.4 is 0 Å². The Morgan fingerprint density at radius 3 is 2.15 bits per heavy atom. The highest BCUT2D eigenvalue weighted by Crippen LogP contribution is 2.76. The molecule has 5 fully saturated rings. The van der Waals surface area contributed by atoms with Crippen LogP contribution >= 0.6 is 0 Å². The minimum absolute atomic E-state index is 0.0391. The lowest BCUT2D eigenvalue weighted by Gasteiger charge is -2.72. The van der Waals surface area contributed by atoms with Crippen LogP contribution in [0.4, 0.5) is 0 Å². The monoisotopic (exact) mass is 566 g/mol. The highest BCUT2D eigenvalue weighted by molar-refractivity contribution is 6.39. The summed E-state index contributed by atoms with van der Waals surface area (Å²) in [5, 5.41) is 11.0. The first-order chi connectivity index (χ1) is 19.1. The third-order valence-electron chi connectivity index (χ3n) is 15.1. The minimum Gasteiger partial charge on any atom is -0.393 e. The molecule has 0 spiro atoms. The van der Waals surface area contributed by atoms with Crippen LogP contribution in [0.1, 0.15) is 113 Å². The fraction of sp³-hybridized carbons (Fsp3) is 0.889. The van der Waals surface area contributed by atoms with Gasteiger partial charge in [0.25, 0.3) is 5.91 Å². The number of ketones is 1. The Morgan fingerprint density at radius 1 is 0.805 bits per heavy atom. The maximum atomic E-state index is 14.5. The van der Waals surface area contributed by atoms with Gasteiger partial charge in [-0.15, -0.1) is 0 Å². The van der Waals surface area contributed by atoms with Gasteiger partial charge in [-0.1, -0.05) is 59.6 Å². The second kappa shape index (κ2) is 9.65. The van der Waals surface area contributed by atoms with Crippen molar-refractivity contribution in [3.8, 4) is 0 Å². The maximum absolute atomic E-state index is 14.5. The standard InChI is InChI=1S/C36H58N2O3/c1-23(2)24-11-16-36(30(40)31(41)38-21-19-37(8)20-22-38)18-17-34(6)25(29(24)36)9-10-27-33(5)14-13-28(39)32(3,4)26(33)12-15-35(27,34)7/h23,25-28,39H,9-22H2,1-8H3/t25-,26+,27-,28+,33+,34-,35-,36+/m1/s1. The molecule has 0 aromatic rings. The highest BCUT2D eigenvalue weighted by atomic mass is 16.3. The van der Waals surface area contributed by atoms with Gasteiger partial charge in [-0.2, -0.15) is 0 Å². The number of hydrogen-bond acceptors (Lipinski definition) is 4. The Kier molecular flexibility index (Phi) is 7.03. The van der Waals surface area contributed by atoms with Gasteiger partial charge in [0.15, 0.2) is 0 Å². The van der Waals surface area contributed by atoms with E-state index in [1.807, 2.05) is 4.90 Å². The van der Waals surface area contributed by atoms with Crippen LogP contribution in [0.2, 0.25) is 0 Å². The molecule has 230 valence electrons. The molecule has 0 aromatic heterocycles. The molecule has 1 saturated heterocycles. The molecule has 1 heterocycles. The molecule has 6 rings (SSSR count). The molecule has 6 aliphatic rings. The first kappa shape index (κ1) is 29.9. The average Bonchev–Trinajstić information content (AvgIpc) is 3.32. The number of aliphatic hydroxyl groups excluding tert-OH is 1. The van der Waals surface area contributed by atoms with Gasteiger partial charge in [0.05, 0.1) is 11.5 Å². The van der Waals surface area contributed by atoms with E-state index in [2.05, 4.69) is 60.4 Å². The summed E-state index contributed by atoms with van der Waals surface area (Å²) in [5.41, 5.74) is 2.90. The summed E-state index contributed by atoms with van der Waals surface area (Å²) in [4.78, 5) is 32.4. The van der Waals surface area contributed by atoms with Crippen LogP contribution in [0.5, 0.6) is 0 Å². The number of hydrogen-bond donors (Lipinski definition) is 1. The zero-order chi connectivity index (χ0) is 29.8. The van der Waals surface area contributed by atoms with E-state index in [1.54, 1.807) is 0 Å². The molecule has 5 aliphatic carbocycles. The lowest BCUT2D eigenvalue weighted by molar-refractivity contribution is -0.228. The van der Waals surface area contributed by atoms with Crippen molar-refractivity contribution < 1.29 is 14.7 Å². The topological polar surface area (TPSA) is 60.9 Å². The second-order valence-corrected chi connectivity index (χ2v) is 17.1. The van der Waals surface area contributed by atoms with Crippen LogP contribution in [-0.4, -0.2) is 65.9 Å². The Balaban J connectivity index is 1.37. The molecule has 0 radical (unpaired) electrons. The average molecular weight is 567 g/mol. The van der Waals surface area contributed by atoms with Crippen molar-refractivity contribution in [2.45, 2.75) is 119 Å². The van der Waals surface area contributed by atoms with Crippen molar-refractivity contribution in [1.82, 2.24) is 9.80 Å². The van der Waals surface area contributed by atoms with Gasteiger partial charge in [-0.05, 0) is 117 Å². The number of likely N-dealkylation sites (N-methyl/N-ethyl adjacent to an activating group) is 1. The van der Waals surface area contributed by atoms with Crippen molar-refractivity contribution in [1.29, 1.82) is 0 Å². The number of allylic oxidation sites excluding steroid dienone is 2. The molecule has 0 aromatic carbocycles. The zero-order valence-electron chi connectivity index (χ0n) is 27.4. The third-order valence-corrected chi connectivity index (χ3v) is 15.1. The van der Waals surface area contributed by atoms with Gasteiger partial charge in [-0.25, -0.2) is 0 Å². The molecule has 1 aliphatic heterocycles. The lowest BCUT2D eigenvalue weighted by atomic mass is 9.33. The van der Waals surface area contributed by atoms with E-state index in [9.17, 15) is 14.7 Å². The summed E-state index contributed by atoms with van der Waals surface area (Å²) in [5.74, 6) is 1.71. The largest absolute Gasteiger partial charge is 0.393 e. The van der Waals surface area contributed by atoms with Gasteiger partial charge < -0.3 is 14.9 Å². The normalized spacial score (nSPS) is 46.0. The molecule has 5 nitrogen and oxygen atoms in total. The molecule has 8 atom stereocenters. The van der Waals surface area contributed by atoms with Crippen molar-refractivity contribution in [3.63, 3.8) is 0 Å². The van der Waals surface area contributed by atoms with E-state index < -0.39 is 5.41 Å². The van der Waals surface area contributed by atoms with Crippen molar-refractivity contribution in [3.05, 3.63) is 11.1 Å². The van der Waals surface area contributed by atoms with Crippen LogP contribution in [0.3, 0.4) is 0 Å². The van der Waals surface area contributed by atoms with E-state index in [0.29, 0.717) is 36.8 Å². The summed E-state index contributed by atoms with van der Waals surface area (Å²) in [7, 11) is 2.10. The summed E-state index contributed by atoms with van der Waals surface area (Å²) in [6, 6.07) is 0. The molecule has 5 heteroatoms. The van der Waals surface area contributed by atoms with Gasteiger partial charge in [-0.3, -0.25) is 9.59 Å². The number of piperazine rings is 1. The zero-order valence-corrected chi connectivity index (χ0v) is 27.4.